The molecule has 0 saturated heterocycles. The number of hydrogen-bond acceptors (Lipinski definition) is 6. The quantitative estimate of drug-likeness (QED) is 0.368. The molecular formula is C12H28N2O5S. The topological polar surface area (TPSA) is 96.9 Å². The largest absolute Gasteiger partial charge is 0.389 e. The first kappa shape index (κ1) is 19.8. The van der Waals surface area contributed by atoms with E-state index in [0.717, 1.165) is 25.7 Å². The third-order valence-corrected chi connectivity index (χ3v) is 3.10. The Morgan fingerprint density at radius 3 is 2.50 bits per heavy atom. The Hall–Kier alpha value is -0.250. The zero-order valence-corrected chi connectivity index (χ0v) is 13.2. The number of sulfonamides is 1. The molecule has 122 valence electrons. The third kappa shape index (κ3) is 15.8. The van der Waals surface area contributed by atoms with Crippen LogP contribution in [0.15, 0.2) is 0 Å². The average molecular weight is 312 g/mol. The molecule has 20 heavy (non-hydrogen) atoms. The molecule has 0 aromatic heterocycles. The molecule has 0 amide bonds. The second kappa shape index (κ2) is 12.5. The molecule has 0 radical (unpaired) electrons. The van der Waals surface area contributed by atoms with Crippen molar-refractivity contribution in [1.82, 2.24) is 10.0 Å². The van der Waals surface area contributed by atoms with Crippen LogP contribution in [0, 0.1) is 0 Å². The molecule has 0 heterocycles. The first-order valence-corrected chi connectivity index (χ1v) is 8.83. The van der Waals surface area contributed by atoms with Crippen molar-refractivity contribution < 1.29 is 23.0 Å². The van der Waals surface area contributed by atoms with Gasteiger partial charge < -0.3 is 19.9 Å². The lowest BCUT2D eigenvalue weighted by Crippen LogP contribution is -2.36. The molecule has 0 aromatic rings. The van der Waals surface area contributed by atoms with Crippen LogP contribution in [0.2, 0.25) is 0 Å². The second-order valence-corrected chi connectivity index (χ2v) is 6.40. The Balaban J connectivity index is 3.26. The number of nitrogens with one attached hydrogen (secondary N) is 2. The van der Waals surface area contributed by atoms with E-state index in [1.54, 1.807) is 0 Å². The van der Waals surface area contributed by atoms with Crippen molar-refractivity contribution in [2.75, 3.05) is 52.3 Å². The zero-order valence-electron chi connectivity index (χ0n) is 12.4. The highest BCUT2D eigenvalue weighted by Crippen LogP contribution is 1.89. The highest BCUT2D eigenvalue weighted by atomic mass is 32.2. The Morgan fingerprint density at radius 1 is 1.15 bits per heavy atom. The number of aliphatic hydroxyl groups is 1. The Labute approximate surface area is 122 Å². The molecule has 0 aliphatic rings. The van der Waals surface area contributed by atoms with Gasteiger partial charge in [-0.25, -0.2) is 13.1 Å². The van der Waals surface area contributed by atoms with Crippen molar-refractivity contribution in [3.05, 3.63) is 0 Å². The van der Waals surface area contributed by atoms with E-state index in [1.165, 1.54) is 0 Å². The fourth-order valence-electron chi connectivity index (χ4n) is 1.34. The fourth-order valence-corrected chi connectivity index (χ4v) is 1.81. The maximum Gasteiger partial charge on any atom is 0.208 e. The highest BCUT2D eigenvalue weighted by Gasteiger charge is 2.04. The van der Waals surface area contributed by atoms with E-state index in [-0.39, 0.29) is 6.61 Å². The lowest BCUT2D eigenvalue weighted by atomic mass is 10.4. The summed E-state index contributed by atoms with van der Waals surface area (Å²) in [4.78, 5) is 0. The molecule has 8 heteroatoms. The standard InChI is InChI=1S/C12H28N2O5S/c1-3-4-7-18-8-9-19-11-12(15)10-13-5-6-14-20(2,16)17/h12-15H,3-11H2,1-2H3. The Morgan fingerprint density at radius 2 is 1.85 bits per heavy atom. The average Bonchev–Trinajstić information content (AvgIpc) is 2.36. The van der Waals surface area contributed by atoms with Crippen molar-refractivity contribution in [2.45, 2.75) is 25.9 Å². The summed E-state index contributed by atoms with van der Waals surface area (Å²) < 4.78 is 34.5. The van der Waals surface area contributed by atoms with Gasteiger partial charge in [0.1, 0.15) is 0 Å². The summed E-state index contributed by atoms with van der Waals surface area (Å²) in [6.45, 7) is 5.23. The molecule has 0 bridgehead atoms. The van der Waals surface area contributed by atoms with Crippen LogP contribution < -0.4 is 10.0 Å². The summed E-state index contributed by atoms with van der Waals surface area (Å²) in [6, 6.07) is 0. The van der Waals surface area contributed by atoms with Crippen molar-refractivity contribution in [1.29, 1.82) is 0 Å². The van der Waals surface area contributed by atoms with Gasteiger partial charge in [-0.2, -0.15) is 0 Å². The summed E-state index contributed by atoms with van der Waals surface area (Å²) in [5, 5.41) is 12.5. The first-order chi connectivity index (χ1) is 9.45. The van der Waals surface area contributed by atoms with Gasteiger partial charge in [-0.3, -0.25) is 0 Å². The number of hydrogen-bond donors (Lipinski definition) is 3. The number of ether oxygens (including phenoxy) is 2. The number of unbranched alkanes of at least 4 members (excludes halogenated alkanes) is 1. The van der Waals surface area contributed by atoms with E-state index < -0.39 is 16.1 Å². The SMILES string of the molecule is CCCCOCCOCC(O)CNCCNS(C)(=O)=O. The van der Waals surface area contributed by atoms with E-state index in [0.29, 0.717) is 32.8 Å². The lowest BCUT2D eigenvalue weighted by molar-refractivity contribution is 0.00403. The van der Waals surface area contributed by atoms with E-state index in [1.807, 2.05) is 0 Å². The predicted molar refractivity (Wildman–Crippen MR) is 78.3 cm³/mol. The molecule has 1 unspecified atom stereocenters. The van der Waals surface area contributed by atoms with Crippen LogP contribution in [0.4, 0.5) is 0 Å². The third-order valence-electron chi connectivity index (χ3n) is 2.37. The predicted octanol–water partition coefficient (Wildman–Crippen LogP) is -0.681. The van der Waals surface area contributed by atoms with E-state index >= 15 is 0 Å². The van der Waals surface area contributed by atoms with Gasteiger partial charge in [-0.15, -0.1) is 0 Å². The van der Waals surface area contributed by atoms with Gasteiger partial charge in [0.25, 0.3) is 0 Å². The smallest absolute Gasteiger partial charge is 0.208 e. The Kier molecular flexibility index (Phi) is 12.3. The molecule has 0 aromatic carbocycles. The summed E-state index contributed by atoms with van der Waals surface area (Å²) in [5.74, 6) is 0. The molecular weight excluding hydrogens is 284 g/mol. The summed E-state index contributed by atoms with van der Waals surface area (Å²) in [5.41, 5.74) is 0. The number of aliphatic hydroxyl groups excluding tert-OH is 1. The first-order valence-electron chi connectivity index (χ1n) is 6.94. The van der Waals surface area contributed by atoms with Crippen LogP contribution in [-0.4, -0.2) is 71.9 Å². The molecule has 1 atom stereocenters. The molecule has 0 fully saturated rings. The van der Waals surface area contributed by atoms with Crippen molar-refractivity contribution in [2.24, 2.45) is 0 Å². The van der Waals surface area contributed by atoms with Crippen molar-refractivity contribution >= 4 is 10.0 Å². The molecule has 0 saturated carbocycles. The normalized spacial score (nSPS) is 13.6. The fraction of sp³-hybridized carbons (Fsp3) is 1.00. The van der Waals surface area contributed by atoms with Crippen LogP contribution in [0.3, 0.4) is 0 Å². The molecule has 3 N–H and O–H groups in total. The van der Waals surface area contributed by atoms with Gasteiger partial charge in [-0.1, -0.05) is 13.3 Å². The van der Waals surface area contributed by atoms with Crippen LogP contribution in [0.1, 0.15) is 19.8 Å². The van der Waals surface area contributed by atoms with E-state index in [9.17, 15) is 13.5 Å². The van der Waals surface area contributed by atoms with Gasteiger partial charge in [0.05, 0.1) is 32.2 Å². The van der Waals surface area contributed by atoms with E-state index in [2.05, 4.69) is 17.0 Å². The zero-order chi connectivity index (χ0) is 15.3. The molecule has 0 spiro atoms. The van der Waals surface area contributed by atoms with Gasteiger partial charge in [0.2, 0.25) is 10.0 Å². The van der Waals surface area contributed by atoms with Gasteiger partial charge in [-0.05, 0) is 6.42 Å². The van der Waals surface area contributed by atoms with Gasteiger partial charge in [0.15, 0.2) is 0 Å². The minimum Gasteiger partial charge on any atom is -0.389 e. The summed E-state index contributed by atoms with van der Waals surface area (Å²) in [7, 11) is -3.14. The summed E-state index contributed by atoms with van der Waals surface area (Å²) >= 11 is 0. The van der Waals surface area contributed by atoms with Crippen LogP contribution >= 0.6 is 0 Å². The maximum atomic E-state index is 10.8. The van der Waals surface area contributed by atoms with Crippen molar-refractivity contribution in [3.63, 3.8) is 0 Å². The van der Waals surface area contributed by atoms with Gasteiger partial charge in [0, 0.05) is 26.2 Å². The van der Waals surface area contributed by atoms with Crippen molar-refractivity contribution in [3.8, 4) is 0 Å². The maximum absolute atomic E-state index is 10.8. The van der Waals surface area contributed by atoms with Crippen LogP contribution in [-0.2, 0) is 19.5 Å². The second-order valence-electron chi connectivity index (χ2n) is 4.57. The van der Waals surface area contributed by atoms with Gasteiger partial charge >= 0.3 is 0 Å². The Bertz CT molecular complexity index is 311. The van der Waals surface area contributed by atoms with E-state index in [4.69, 9.17) is 9.47 Å². The minimum absolute atomic E-state index is 0.240. The molecule has 0 aliphatic carbocycles. The highest BCUT2D eigenvalue weighted by molar-refractivity contribution is 7.88. The minimum atomic E-state index is -3.14. The lowest BCUT2D eigenvalue weighted by Gasteiger charge is -2.12. The monoisotopic (exact) mass is 312 g/mol. The summed E-state index contributed by atoms with van der Waals surface area (Å²) in [6.07, 6.45) is 2.66. The van der Waals surface area contributed by atoms with Crippen LogP contribution in [0.25, 0.3) is 0 Å². The molecule has 0 rings (SSSR count). The number of rotatable bonds is 14. The van der Waals surface area contributed by atoms with Crippen LogP contribution in [0.5, 0.6) is 0 Å². The molecule has 7 nitrogen and oxygen atoms in total. The molecule has 0 aliphatic heterocycles.